The maximum atomic E-state index is 13.5. The van der Waals surface area contributed by atoms with Gasteiger partial charge in [0, 0.05) is 38.4 Å². The van der Waals surface area contributed by atoms with Crippen LogP contribution in [0, 0.1) is 20.8 Å². The van der Waals surface area contributed by atoms with Crippen molar-refractivity contribution in [2.75, 3.05) is 44.3 Å². The van der Waals surface area contributed by atoms with Gasteiger partial charge in [-0.2, -0.15) is 5.10 Å². The molecule has 0 spiro atoms. The molecule has 7 nitrogen and oxygen atoms in total. The molecule has 8 heteroatoms. The molecule has 0 atom stereocenters. The number of fused-ring (bicyclic) bond motifs is 1. The molecule has 166 valence electrons. The fourth-order valence-corrected chi connectivity index (χ4v) is 5.15. The van der Waals surface area contributed by atoms with Gasteiger partial charge in [-0.15, -0.1) is 0 Å². The number of hydrogen-bond donors (Lipinski definition) is 0. The van der Waals surface area contributed by atoms with Gasteiger partial charge < -0.3 is 4.74 Å². The van der Waals surface area contributed by atoms with E-state index in [1.165, 1.54) is 11.1 Å². The number of aromatic nitrogens is 3. The Bertz CT molecular complexity index is 1070. The average molecular weight is 442 g/mol. The summed E-state index contributed by atoms with van der Waals surface area (Å²) >= 11 is 1.59. The van der Waals surface area contributed by atoms with E-state index in [-0.39, 0.29) is 5.91 Å². The third-order valence-electron chi connectivity index (χ3n) is 5.74. The monoisotopic (exact) mass is 441 g/mol. The lowest BCUT2D eigenvalue weighted by molar-refractivity contribution is 0.0376. The summed E-state index contributed by atoms with van der Waals surface area (Å²) in [7, 11) is 0. The van der Waals surface area contributed by atoms with Gasteiger partial charge in [-0.1, -0.05) is 17.4 Å². The predicted octanol–water partition coefficient (Wildman–Crippen LogP) is 3.81. The summed E-state index contributed by atoms with van der Waals surface area (Å²) in [6, 6.07) is 6.14. The Kier molecular flexibility index (Phi) is 6.69. The Hall–Kier alpha value is -2.29. The molecule has 31 heavy (non-hydrogen) atoms. The minimum atomic E-state index is -0.0780. The second-order valence-corrected chi connectivity index (χ2v) is 9.16. The summed E-state index contributed by atoms with van der Waals surface area (Å²) in [5.41, 5.74) is 4.82. The Morgan fingerprint density at radius 1 is 1.19 bits per heavy atom. The lowest BCUT2D eigenvalue weighted by Crippen LogP contribution is -2.39. The molecule has 0 N–H and O–H groups in total. The minimum Gasteiger partial charge on any atom is -0.379 e. The van der Waals surface area contributed by atoms with Gasteiger partial charge >= 0.3 is 0 Å². The number of thiazole rings is 1. The summed E-state index contributed by atoms with van der Waals surface area (Å²) in [6.07, 6.45) is 0.882. The molecule has 1 aliphatic rings. The van der Waals surface area contributed by atoms with Crippen LogP contribution in [0.15, 0.2) is 18.2 Å². The molecular weight excluding hydrogens is 410 g/mol. The maximum absolute atomic E-state index is 13.5. The fraction of sp³-hybridized carbons (Fsp3) is 0.522. The van der Waals surface area contributed by atoms with Crippen LogP contribution >= 0.6 is 11.3 Å². The van der Waals surface area contributed by atoms with Crippen molar-refractivity contribution in [1.29, 1.82) is 0 Å². The molecule has 2 aromatic heterocycles. The van der Waals surface area contributed by atoms with Crippen LogP contribution in [0.1, 0.15) is 40.7 Å². The highest BCUT2D eigenvalue weighted by Gasteiger charge is 2.24. The smallest absolute Gasteiger partial charge is 0.280 e. The number of aryl methyl sites for hydroxylation is 4. The summed E-state index contributed by atoms with van der Waals surface area (Å²) in [5.74, 6) is -0.0780. The molecule has 3 aromatic rings. The molecule has 1 aromatic carbocycles. The third kappa shape index (κ3) is 4.81. The van der Waals surface area contributed by atoms with Crippen LogP contribution < -0.4 is 4.90 Å². The van der Waals surface area contributed by atoms with Crippen molar-refractivity contribution in [1.82, 2.24) is 19.7 Å². The number of carbonyl (C=O) groups excluding carboxylic acids is 1. The van der Waals surface area contributed by atoms with Gasteiger partial charge in [0.2, 0.25) is 0 Å². The maximum Gasteiger partial charge on any atom is 0.280 e. The average Bonchev–Trinajstić information content (AvgIpc) is 3.35. The largest absolute Gasteiger partial charge is 0.379 e. The number of benzene rings is 1. The van der Waals surface area contributed by atoms with Crippen molar-refractivity contribution in [3.05, 3.63) is 40.7 Å². The normalized spacial score (nSPS) is 15.0. The first-order valence-corrected chi connectivity index (χ1v) is 11.8. The molecule has 1 amide bonds. The number of amides is 1. The Labute approximate surface area is 187 Å². The van der Waals surface area contributed by atoms with Crippen molar-refractivity contribution in [2.24, 2.45) is 0 Å². The number of anilines is 1. The second kappa shape index (κ2) is 9.46. The summed E-state index contributed by atoms with van der Waals surface area (Å²) in [5, 5.41) is 5.28. The zero-order valence-corrected chi connectivity index (χ0v) is 19.7. The molecule has 4 rings (SSSR count). The number of hydrogen-bond acceptors (Lipinski definition) is 6. The molecule has 0 aliphatic carbocycles. The molecule has 3 heterocycles. The zero-order chi connectivity index (χ0) is 22.0. The van der Waals surface area contributed by atoms with Crippen LogP contribution in [0.4, 0.5) is 5.13 Å². The zero-order valence-electron chi connectivity index (χ0n) is 18.8. The first-order valence-electron chi connectivity index (χ1n) is 11.0. The van der Waals surface area contributed by atoms with Crippen LogP contribution in [0.25, 0.3) is 10.2 Å². The van der Waals surface area contributed by atoms with Crippen LogP contribution in [0.3, 0.4) is 0 Å². The molecule has 0 saturated carbocycles. The standard InChI is InChI=1S/C23H31N5O2S/c1-5-28-18(4)15-20(25-28)22(29)27(8-6-7-26-9-11-30-12-10-26)23-24-19-14-16(2)13-17(3)21(19)31-23/h13-15H,5-12H2,1-4H3. The number of morpholine rings is 1. The quantitative estimate of drug-likeness (QED) is 0.558. The summed E-state index contributed by atoms with van der Waals surface area (Å²) in [6.45, 7) is 14.0. The number of nitrogens with zero attached hydrogens (tertiary/aromatic N) is 5. The topological polar surface area (TPSA) is 63.5 Å². The summed E-state index contributed by atoms with van der Waals surface area (Å²) < 4.78 is 8.45. The van der Waals surface area contributed by atoms with Gasteiger partial charge in [0.15, 0.2) is 10.8 Å². The fourth-order valence-electron chi connectivity index (χ4n) is 4.11. The third-order valence-corrected chi connectivity index (χ3v) is 6.97. The van der Waals surface area contributed by atoms with Crippen LogP contribution in [0.2, 0.25) is 0 Å². The van der Waals surface area contributed by atoms with Crippen molar-refractivity contribution in [3.8, 4) is 0 Å². The predicted molar refractivity (Wildman–Crippen MR) is 125 cm³/mol. The lowest BCUT2D eigenvalue weighted by atomic mass is 10.1. The molecule has 0 bridgehead atoms. The van der Waals surface area contributed by atoms with E-state index in [9.17, 15) is 4.79 Å². The van der Waals surface area contributed by atoms with Gasteiger partial charge in [0.1, 0.15) is 0 Å². The molecule has 0 radical (unpaired) electrons. The molecule has 1 aliphatic heterocycles. The Morgan fingerprint density at radius 2 is 1.97 bits per heavy atom. The van der Waals surface area contributed by atoms with Gasteiger partial charge in [-0.3, -0.25) is 19.3 Å². The number of carbonyl (C=O) groups is 1. The van der Waals surface area contributed by atoms with Crippen LogP contribution in [-0.4, -0.2) is 65.0 Å². The van der Waals surface area contributed by atoms with E-state index < -0.39 is 0 Å². The van der Waals surface area contributed by atoms with E-state index in [1.807, 2.05) is 29.5 Å². The minimum absolute atomic E-state index is 0.0780. The van der Waals surface area contributed by atoms with Gasteiger partial charge in [-0.05, 0) is 57.4 Å². The molecular formula is C23H31N5O2S. The second-order valence-electron chi connectivity index (χ2n) is 8.18. The van der Waals surface area contributed by atoms with E-state index in [1.54, 1.807) is 11.3 Å². The van der Waals surface area contributed by atoms with E-state index in [0.717, 1.165) is 66.9 Å². The highest BCUT2D eigenvalue weighted by molar-refractivity contribution is 7.22. The molecule has 1 fully saturated rings. The number of rotatable bonds is 7. The van der Waals surface area contributed by atoms with Crippen molar-refractivity contribution in [2.45, 2.75) is 40.7 Å². The highest BCUT2D eigenvalue weighted by Crippen LogP contribution is 2.33. The van der Waals surface area contributed by atoms with Crippen LogP contribution in [0.5, 0.6) is 0 Å². The van der Waals surface area contributed by atoms with Gasteiger partial charge in [0.25, 0.3) is 5.91 Å². The SMILES string of the molecule is CCn1nc(C(=O)N(CCCN2CCOCC2)c2nc3cc(C)cc(C)c3s2)cc1C. The van der Waals surface area contributed by atoms with Gasteiger partial charge in [-0.25, -0.2) is 4.98 Å². The van der Waals surface area contributed by atoms with Gasteiger partial charge in [0.05, 0.1) is 23.4 Å². The van der Waals surface area contributed by atoms with Crippen molar-refractivity contribution < 1.29 is 9.53 Å². The van der Waals surface area contributed by atoms with Crippen molar-refractivity contribution in [3.63, 3.8) is 0 Å². The van der Waals surface area contributed by atoms with E-state index >= 15 is 0 Å². The van der Waals surface area contributed by atoms with E-state index in [2.05, 4.69) is 36.0 Å². The molecule has 0 unspecified atom stereocenters. The Morgan fingerprint density at radius 3 is 2.68 bits per heavy atom. The summed E-state index contributed by atoms with van der Waals surface area (Å²) in [4.78, 5) is 22.6. The first-order chi connectivity index (χ1) is 15.0. The van der Waals surface area contributed by atoms with Crippen LogP contribution in [-0.2, 0) is 11.3 Å². The molecule has 1 saturated heterocycles. The van der Waals surface area contributed by atoms with E-state index in [4.69, 9.17) is 9.72 Å². The first kappa shape index (κ1) is 21.9. The lowest BCUT2D eigenvalue weighted by Gasteiger charge is -2.27. The number of ether oxygens (including phenoxy) is 1. The van der Waals surface area contributed by atoms with E-state index in [0.29, 0.717) is 12.2 Å². The van der Waals surface area contributed by atoms with Crippen molar-refractivity contribution >= 4 is 32.6 Å². The Balaban J connectivity index is 1.61. The highest BCUT2D eigenvalue weighted by atomic mass is 32.1.